The lowest BCUT2D eigenvalue weighted by molar-refractivity contribution is 0.0619. The number of hydrogen-bond acceptors (Lipinski definition) is 1. The standard InChI is InChI=1S/C8H15F2O3P/c1-3-7(4-2)5-6-8(9,10)14(11,12)13/h5H,3-4,6H2,1-2H3,(H2,11,12,13). The Morgan fingerprint density at radius 1 is 1.36 bits per heavy atom. The molecule has 0 rings (SSSR count). The molecule has 0 heterocycles. The maximum absolute atomic E-state index is 12.8. The van der Waals surface area contributed by atoms with Gasteiger partial charge in [0.1, 0.15) is 0 Å². The maximum atomic E-state index is 12.8. The summed E-state index contributed by atoms with van der Waals surface area (Å²) in [5, 5.41) is 0. The number of hydrogen-bond donors (Lipinski definition) is 2. The smallest absolute Gasteiger partial charge is 0.320 e. The molecule has 0 atom stereocenters. The highest BCUT2D eigenvalue weighted by atomic mass is 31.2. The van der Waals surface area contributed by atoms with Crippen LogP contribution >= 0.6 is 7.60 Å². The fourth-order valence-corrected chi connectivity index (χ4v) is 1.25. The minimum Gasteiger partial charge on any atom is -0.320 e. The van der Waals surface area contributed by atoms with E-state index in [4.69, 9.17) is 9.79 Å². The summed E-state index contributed by atoms with van der Waals surface area (Å²) in [5.74, 6) is 0. The van der Waals surface area contributed by atoms with Gasteiger partial charge in [0.2, 0.25) is 0 Å². The van der Waals surface area contributed by atoms with Crippen molar-refractivity contribution in [3.05, 3.63) is 11.6 Å². The number of halogens is 2. The third kappa shape index (κ3) is 3.86. The normalized spacial score (nSPS) is 12.7. The van der Waals surface area contributed by atoms with Crippen molar-refractivity contribution in [2.75, 3.05) is 0 Å². The summed E-state index contributed by atoms with van der Waals surface area (Å²) in [7, 11) is -5.32. The average Bonchev–Trinajstić information content (AvgIpc) is 2.04. The van der Waals surface area contributed by atoms with Gasteiger partial charge in [0.25, 0.3) is 0 Å². The summed E-state index contributed by atoms with van der Waals surface area (Å²) in [6.45, 7) is 3.62. The van der Waals surface area contributed by atoms with E-state index in [2.05, 4.69) is 0 Å². The molecule has 6 heteroatoms. The zero-order valence-corrected chi connectivity index (χ0v) is 9.10. The SMILES string of the molecule is CCC(=CCC(F)(F)P(=O)(O)O)CC. The summed E-state index contributed by atoms with van der Waals surface area (Å²) in [6.07, 6.45) is 1.55. The Balaban J connectivity index is 4.53. The van der Waals surface area contributed by atoms with Gasteiger partial charge in [0.05, 0.1) is 0 Å². The van der Waals surface area contributed by atoms with Gasteiger partial charge in [0, 0.05) is 6.42 Å². The molecule has 0 aliphatic carbocycles. The molecule has 0 aliphatic heterocycles. The summed E-state index contributed by atoms with van der Waals surface area (Å²) in [4.78, 5) is 16.7. The first-order valence-corrected chi connectivity index (χ1v) is 5.97. The molecule has 0 aromatic heterocycles. The van der Waals surface area contributed by atoms with Crippen LogP contribution in [-0.4, -0.2) is 15.5 Å². The van der Waals surface area contributed by atoms with Crippen LogP contribution in [0, 0.1) is 0 Å². The molecule has 0 aromatic rings. The van der Waals surface area contributed by atoms with Crippen LogP contribution in [0.1, 0.15) is 33.1 Å². The van der Waals surface area contributed by atoms with Crippen molar-refractivity contribution in [1.82, 2.24) is 0 Å². The first-order valence-electron chi connectivity index (χ1n) is 4.36. The third-order valence-electron chi connectivity index (χ3n) is 1.97. The second-order valence-electron chi connectivity index (χ2n) is 2.98. The minimum absolute atomic E-state index is 0.619. The van der Waals surface area contributed by atoms with Crippen LogP contribution in [-0.2, 0) is 4.57 Å². The lowest BCUT2D eigenvalue weighted by Gasteiger charge is -2.16. The molecular weight excluding hydrogens is 213 g/mol. The van der Waals surface area contributed by atoms with Crippen molar-refractivity contribution >= 4 is 7.60 Å². The van der Waals surface area contributed by atoms with E-state index in [9.17, 15) is 13.3 Å². The van der Waals surface area contributed by atoms with Gasteiger partial charge < -0.3 is 9.79 Å². The predicted molar refractivity (Wildman–Crippen MR) is 50.3 cm³/mol. The van der Waals surface area contributed by atoms with Crippen LogP contribution in [0.5, 0.6) is 0 Å². The summed E-state index contributed by atoms with van der Waals surface area (Å²) in [5.41, 5.74) is -3.17. The highest BCUT2D eigenvalue weighted by Gasteiger charge is 2.47. The minimum atomic E-state index is -5.32. The van der Waals surface area contributed by atoms with Crippen molar-refractivity contribution in [3.8, 4) is 0 Å². The van der Waals surface area contributed by atoms with Crippen molar-refractivity contribution < 1.29 is 23.1 Å². The van der Waals surface area contributed by atoms with E-state index >= 15 is 0 Å². The third-order valence-corrected chi connectivity index (χ3v) is 3.01. The zero-order valence-electron chi connectivity index (χ0n) is 8.20. The van der Waals surface area contributed by atoms with E-state index in [1.165, 1.54) is 6.08 Å². The first kappa shape index (κ1) is 13.8. The summed E-state index contributed by atoms with van der Waals surface area (Å²) in [6, 6.07) is 0. The highest BCUT2D eigenvalue weighted by Crippen LogP contribution is 2.54. The predicted octanol–water partition coefficient (Wildman–Crippen LogP) is 2.89. The molecule has 2 N–H and O–H groups in total. The van der Waals surface area contributed by atoms with Gasteiger partial charge in [-0.3, -0.25) is 4.57 Å². The van der Waals surface area contributed by atoms with Crippen LogP contribution < -0.4 is 0 Å². The van der Waals surface area contributed by atoms with E-state index in [0.717, 1.165) is 5.57 Å². The summed E-state index contributed by atoms with van der Waals surface area (Å²) < 4.78 is 35.9. The van der Waals surface area contributed by atoms with Gasteiger partial charge in [-0.25, -0.2) is 0 Å². The van der Waals surface area contributed by atoms with Crippen LogP contribution in [0.4, 0.5) is 8.78 Å². The van der Waals surface area contributed by atoms with E-state index in [1.807, 2.05) is 13.8 Å². The van der Waals surface area contributed by atoms with Gasteiger partial charge in [-0.15, -0.1) is 0 Å². The van der Waals surface area contributed by atoms with E-state index < -0.39 is 19.7 Å². The van der Waals surface area contributed by atoms with E-state index in [-0.39, 0.29) is 0 Å². The molecule has 0 bridgehead atoms. The van der Waals surface area contributed by atoms with E-state index in [1.54, 1.807) is 0 Å². The van der Waals surface area contributed by atoms with Gasteiger partial charge in [-0.2, -0.15) is 8.78 Å². The summed E-state index contributed by atoms with van der Waals surface area (Å²) >= 11 is 0. The van der Waals surface area contributed by atoms with Crippen molar-refractivity contribution in [3.63, 3.8) is 0 Å². The lowest BCUT2D eigenvalue weighted by atomic mass is 10.1. The molecule has 0 radical (unpaired) electrons. The van der Waals surface area contributed by atoms with Crippen molar-refractivity contribution in [1.29, 1.82) is 0 Å². The first-order chi connectivity index (χ1) is 6.24. The molecule has 0 amide bonds. The molecule has 0 fully saturated rings. The molecular formula is C8H15F2O3P. The van der Waals surface area contributed by atoms with Gasteiger partial charge in [0.15, 0.2) is 0 Å². The fourth-order valence-electron chi connectivity index (χ4n) is 0.925. The molecule has 3 nitrogen and oxygen atoms in total. The number of alkyl halides is 2. The Hall–Kier alpha value is -0.250. The molecule has 84 valence electrons. The van der Waals surface area contributed by atoms with Crippen LogP contribution in [0.15, 0.2) is 11.6 Å². The second-order valence-corrected chi connectivity index (χ2v) is 4.73. The number of allylic oxidation sites excluding steroid dienone is 2. The molecule has 0 unspecified atom stereocenters. The average molecular weight is 228 g/mol. The van der Waals surface area contributed by atoms with Gasteiger partial charge in [-0.1, -0.05) is 25.5 Å². The molecule has 0 saturated heterocycles. The number of rotatable bonds is 5. The van der Waals surface area contributed by atoms with Gasteiger partial charge >= 0.3 is 13.3 Å². The Labute approximate surface area is 82.0 Å². The quantitative estimate of drug-likeness (QED) is 0.561. The molecule has 14 heavy (non-hydrogen) atoms. The Bertz CT molecular complexity index is 251. The Morgan fingerprint density at radius 3 is 2.07 bits per heavy atom. The van der Waals surface area contributed by atoms with E-state index in [0.29, 0.717) is 12.8 Å². The lowest BCUT2D eigenvalue weighted by Crippen LogP contribution is -2.14. The molecule has 0 aliphatic rings. The van der Waals surface area contributed by atoms with Crippen molar-refractivity contribution in [2.24, 2.45) is 0 Å². The highest BCUT2D eigenvalue weighted by molar-refractivity contribution is 7.53. The molecule has 0 aromatic carbocycles. The van der Waals surface area contributed by atoms with Gasteiger partial charge in [-0.05, 0) is 12.8 Å². The van der Waals surface area contributed by atoms with Crippen LogP contribution in [0.2, 0.25) is 0 Å². The molecule has 0 spiro atoms. The van der Waals surface area contributed by atoms with Crippen LogP contribution in [0.25, 0.3) is 0 Å². The molecule has 0 saturated carbocycles. The Morgan fingerprint density at radius 2 is 1.79 bits per heavy atom. The second kappa shape index (κ2) is 5.01. The van der Waals surface area contributed by atoms with Crippen molar-refractivity contribution in [2.45, 2.75) is 38.8 Å². The Kier molecular flexibility index (Phi) is 4.92. The zero-order chi connectivity index (χ0) is 11.4. The van der Waals surface area contributed by atoms with Crippen LogP contribution in [0.3, 0.4) is 0 Å². The largest absolute Gasteiger partial charge is 0.394 e. The fraction of sp³-hybridized carbons (Fsp3) is 0.750. The topological polar surface area (TPSA) is 57.5 Å². The maximum Gasteiger partial charge on any atom is 0.394 e. The monoisotopic (exact) mass is 228 g/mol.